The highest BCUT2D eigenvalue weighted by molar-refractivity contribution is 6.31. The molecule has 1 aromatic carbocycles. The summed E-state index contributed by atoms with van der Waals surface area (Å²) in [6.07, 6.45) is 3.00. The fraction of sp³-hybridized carbons (Fsp3) is 0.500. The number of rotatable bonds is 3. The molecular weight excluding hydrogens is 302 g/mol. The van der Waals surface area contributed by atoms with Gasteiger partial charge in [0.05, 0.1) is 6.04 Å². The van der Waals surface area contributed by atoms with E-state index < -0.39 is 0 Å². The van der Waals surface area contributed by atoms with E-state index in [1.807, 2.05) is 0 Å². The molecule has 1 saturated heterocycles. The number of hydrogen-bond donors (Lipinski definition) is 1. The van der Waals surface area contributed by atoms with E-state index in [2.05, 4.69) is 5.32 Å². The van der Waals surface area contributed by atoms with Crippen LogP contribution in [0.2, 0.25) is 5.02 Å². The van der Waals surface area contributed by atoms with Crippen LogP contribution in [0, 0.1) is 5.82 Å². The number of carbonyl (C=O) groups is 1. The van der Waals surface area contributed by atoms with Gasteiger partial charge in [-0.15, -0.1) is 12.4 Å². The van der Waals surface area contributed by atoms with E-state index in [0.717, 1.165) is 25.8 Å². The van der Waals surface area contributed by atoms with Crippen molar-refractivity contribution < 1.29 is 9.18 Å². The predicted molar refractivity (Wildman–Crippen MR) is 80.8 cm³/mol. The van der Waals surface area contributed by atoms with E-state index in [4.69, 9.17) is 11.6 Å². The lowest BCUT2D eigenvalue weighted by Gasteiger charge is -2.27. The Morgan fingerprint density at radius 2 is 2.25 bits per heavy atom. The summed E-state index contributed by atoms with van der Waals surface area (Å²) < 4.78 is 13.7. The number of hydrogen-bond acceptors (Lipinski definition) is 2. The SMILES string of the molecule is CN(Cc1c(F)cccc1Cl)C(=O)[C@H]1CCCCN1.Cl. The van der Waals surface area contributed by atoms with Gasteiger partial charge in [-0.3, -0.25) is 4.79 Å². The molecule has 1 atom stereocenters. The summed E-state index contributed by atoms with van der Waals surface area (Å²) in [6.45, 7) is 1.06. The van der Waals surface area contributed by atoms with E-state index >= 15 is 0 Å². The molecule has 6 heteroatoms. The van der Waals surface area contributed by atoms with Crippen LogP contribution in [-0.4, -0.2) is 30.4 Å². The molecule has 1 fully saturated rings. The molecule has 1 aromatic rings. The molecule has 0 aromatic heterocycles. The zero-order chi connectivity index (χ0) is 13.8. The van der Waals surface area contributed by atoms with Crippen LogP contribution in [0.25, 0.3) is 0 Å². The number of amides is 1. The molecule has 0 radical (unpaired) electrons. The minimum Gasteiger partial charge on any atom is -0.340 e. The lowest BCUT2D eigenvalue weighted by molar-refractivity contribution is -0.133. The lowest BCUT2D eigenvalue weighted by Crippen LogP contribution is -2.47. The molecule has 1 N–H and O–H groups in total. The molecule has 1 aliphatic rings. The molecule has 1 heterocycles. The van der Waals surface area contributed by atoms with Crippen LogP contribution in [-0.2, 0) is 11.3 Å². The average Bonchev–Trinajstić information content (AvgIpc) is 2.43. The van der Waals surface area contributed by atoms with Crippen LogP contribution in [0.3, 0.4) is 0 Å². The number of piperidine rings is 1. The van der Waals surface area contributed by atoms with Crippen LogP contribution in [0.5, 0.6) is 0 Å². The van der Waals surface area contributed by atoms with Gasteiger partial charge in [-0.1, -0.05) is 24.1 Å². The summed E-state index contributed by atoms with van der Waals surface area (Å²) in [5.74, 6) is -0.372. The largest absolute Gasteiger partial charge is 0.340 e. The third-order valence-corrected chi connectivity index (χ3v) is 3.80. The highest BCUT2D eigenvalue weighted by Gasteiger charge is 2.24. The van der Waals surface area contributed by atoms with E-state index in [9.17, 15) is 9.18 Å². The monoisotopic (exact) mass is 320 g/mol. The van der Waals surface area contributed by atoms with Gasteiger partial charge < -0.3 is 10.2 Å². The van der Waals surface area contributed by atoms with Crippen molar-refractivity contribution >= 4 is 29.9 Å². The third kappa shape index (κ3) is 4.08. The molecule has 2 rings (SSSR count). The first-order valence-corrected chi connectivity index (χ1v) is 6.88. The second kappa shape index (κ2) is 7.81. The molecular formula is C14H19Cl2FN2O. The Morgan fingerprint density at radius 1 is 1.50 bits per heavy atom. The number of likely N-dealkylation sites (N-methyl/N-ethyl adjacent to an activating group) is 1. The summed E-state index contributed by atoms with van der Waals surface area (Å²) in [5, 5.41) is 3.55. The van der Waals surface area contributed by atoms with E-state index in [1.165, 1.54) is 11.0 Å². The first-order valence-electron chi connectivity index (χ1n) is 6.51. The molecule has 1 aliphatic heterocycles. The fourth-order valence-corrected chi connectivity index (χ4v) is 2.55. The smallest absolute Gasteiger partial charge is 0.239 e. The molecule has 0 bridgehead atoms. The van der Waals surface area contributed by atoms with Gasteiger partial charge in [-0.2, -0.15) is 0 Å². The Balaban J connectivity index is 0.00000200. The van der Waals surface area contributed by atoms with Gasteiger partial charge in [0.25, 0.3) is 0 Å². The Kier molecular flexibility index (Phi) is 6.72. The Labute approximate surface area is 129 Å². The first-order chi connectivity index (χ1) is 9.09. The number of nitrogens with zero attached hydrogens (tertiary/aromatic N) is 1. The quantitative estimate of drug-likeness (QED) is 0.928. The number of benzene rings is 1. The number of halogens is 3. The minimum absolute atomic E-state index is 0. The van der Waals surface area contributed by atoms with Gasteiger partial charge in [-0.25, -0.2) is 4.39 Å². The van der Waals surface area contributed by atoms with Crippen LogP contribution in [0.15, 0.2) is 18.2 Å². The van der Waals surface area contributed by atoms with Crippen molar-refractivity contribution in [3.63, 3.8) is 0 Å². The van der Waals surface area contributed by atoms with Gasteiger partial charge in [0, 0.05) is 24.2 Å². The summed E-state index contributed by atoms with van der Waals surface area (Å²) in [4.78, 5) is 13.8. The molecule has 0 saturated carbocycles. The van der Waals surface area contributed by atoms with Gasteiger partial charge in [-0.05, 0) is 31.5 Å². The number of nitrogens with one attached hydrogen (secondary N) is 1. The van der Waals surface area contributed by atoms with Gasteiger partial charge in [0.15, 0.2) is 0 Å². The summed E-state index contributed by atoms with van der Waals surface area (Å²) >= 11 is 5.97. The van der Waals surface area contributed by atoms with Crippen molar-refractivity contribution in [2.75, 3.05) is 13.6 Å². The predicted octanol–water partition coefficient (Wildman–Crippen LogP) is 3.00. The highest BCUT2D eigenvalue weighted by atomic mass is 35.5. The van der Waals surface area contributed by atoms with Gasteiger partial charge in [0.2, 0.25) is 5.91 Å². The second-order valence-corrected chi connectivity index (χ2v) is 5.30. The summed E-state index contributed by atoms with van der Waals surface area (Å²) in [6, 6.07) is 4.41. The lowest BCUT2D eigenvalue weighted by atomic mass is 10.0. The topological polar surface area (TPSA) is 32.3 Å². The molecule has 0 spiro atoms. The summed E-state index contributed by atoms with van der Waals surface area (Å²) in [5.41, 5.74) is 0.371. The Bertz CT molecular complexity index is 444. The van der Waals surface area contributed by atoms with Gasteiger partial charge in [0.1, 0.15) is 5.82 Å². The Morgan fingerprint density at radius 3 is 2.85 bits per heavy atom. The molecule has 0 unspecified atom stereocenters. The molecule has 112 valence electrons. The maximum Gasteiger partial charge on any atom is 0.239 e. The van der Waals surface area contributed by atoms with E-state index in [0.29, 0.717) is 10.6 Å². The van der Waals surface area contributed by atoms with E-state index in [-0.39, 0.29) is 36.7 Å². The second-order valence-electron chi connectivity index (χ2n) is 4.90. The Hall–Kier alpha value is -0.840. The highest BCUT2D eigenvalue weighted by Crippen LogP contribution is 2.21. The zero-order valence-electron chi connectivity index (χ0n) is 11.4. The molecule has 1 amide bonds. The number of carbonyl (C=O) groups excluding carboxylic acids is 1. The van der Waals surface area contributed by atoms with Crippen molar-refractivity contribution in [2.45, 2.75) is 31.8 Å². The summed E-state index contributed by atoms with van der Waals surface area (Å²) in [7, 11) is 1.68. The van der Waals surface area contributed by atoms with Crippen molar-refractivity contribution in [1.29, 1.82) is 0 Å². The van der Waals surface area contributed by atoms with Crippen molar-refractivity contribution in [1.82, 2.24) is 10.2 Å². The van der Waals surface area contributed by atoms with Gasteiger partial charge >= 0.3 is 0 Å². The standard InChI is InChI=1S/C14H18ClFN2O.ClH/c1-18(14(19)13-7-2-3-8-17-13)9-10-11(15)5-4-6-12(10)16;/h4-6,13,17H,2-3,7-9H2,1H3;1H/t13-;/m1./s1. The molecule has 0 aliphatic carbocycles. The maximum atomic E-state index is 13.7. The van der Waals surface area contributed by atoms with Crippen LogP contribution in [0.4, 0.5) is 4.39 Å². The maximum absolute atomic E-state index is 13.7. The minimum atomic E-state index is -0.372. The third-order valence-electron chi connectivity index (χ3n) is 3.44. The normalized spacial score (nSPS) is 18.2. The van der Waals surface area contributed by atoms with Crippen molar-refractivity contribution in [3.05, 3.63) is 34.6 Å². The van der Waals surface area contributed by atoms with E-state index in [1.54, 1.807) is 19.2 Å². The average molecular weight is 321 g/mol. The molecule has 3 nitrogen and oxygen atoms in total. The zero-order valence-corrected chi connectivity index (χ0v) is 12.9. The molecule has 20 heavy (non-hydrogen) atoms. The van der Waals surface area contributed by atoms with Crippen LogP contribution < -0.4 is 5.32 Å². The fourth-order valence-electron chi connectivity index (χ4n) is 2.33. The van der Waals surface area contributed by atoms with Crippen molar-refractivity contribution in [3.8, 4) is 0 Å². The van der Waals surface area contributed by atoms with Crippen molar-refractivity contribution in [2.24, 2.45) is 0 Å². The van der Waals surface area contributed by atoms with Crippen LogP contribution >= 0.6 is 24.0 Å². The first kappa shape index (κ1) is 17.2. The van der Waals surface area contributed by atoms with Crippen LogP contribution in [0.1, 0.15) is 24.8 Å².